The van der Waals surface area contributed by atoms with Gasteiger partial charge >= 0.3 is 7.82 Å². The van der Waals surface area contributed by atoms with Crippen LogP contribution in [0.4, 0.5) is 0 Å². The van der Waals surface area contributed by atoms with Gasteiger partial charge in [0.25, 0.3) is 0 Å². The molecule has 0 rings (SSSR count). The Hall–Kier alpha value is -0.800. The number of unbranched alkanes of at least 4 members (excludes halogenated alkanes) is 20. The lowest BCUT2D eigenvalue weighted by molar-refractivity contribution is -0.870. The lowest BCUT2D eigenvalue weighted by Crippen LogP contribution is -2.51. The molecule has 0 fully saturated rings. The van der Waals surface area contributed by atoms with Crippen molar-refractivity contribution in [2.24, 2.45) is 0 Å². The summed E-state index contributed by atoms with van der Waals surface area (Å²) in [5.74, 6) is -0.269. The van der Waals surface area contributed by atoms with Crippen LogP contribution in [0.5, 0.6) is 0 Å². The van der Waals surface area contributed by atoms with Gasteiger partial charge in [-0.3, -0.25) is 13.8 Å². The number of carbonyl (C=O) groups is 1. The average molecular weight is 720 g/mol. The van der Waals surface area contributed by atoms with Crippen LogP contribution in [0, 0.1) is 0 Å². The normalized spacial score (nSPS) is 15.3. The summed E-state index contributed by atoms with van der Waals surface area (Å²) in [4.78, 5) is 23.0. The Bertz CT molecular complexity index is 837. The summed E-state index contributed by atoms with van der Waals surface area (Å²) < 4.78 is 23.4. The second-order valence-corrected chi connectivity index (χ2v) is 16.6. The molecule has 0 heterocycles. The van der Waals surface area contributed by atoms with Crippen LogP contribution < -0.4 is 5.32 Å². The number of carbonyl (C=O) groups excluding carboxylic acids is 1. The Morgan fingerprint density at radius 1 is 0.694 bits per heavy atom. The van der Waals surface area contributed by atoms with E-state index in [1.807, 2.05) is 21.1 Å². The molecular weight excluding hydrogens is 639 g/mol. The molecule has 0 aliphatic heterocycles. The number of hydrogen-bond donors (Lipinski definition) is 4. The maximum atomic E-state index is 12.8. The van der Waals surface area contributed by atoms with E-state index >= 15 is 0 Å². The van der Waals surface area contributed by atoms with Crippen LogP contribution in [-0.4, -0.2) is 84.6 Å². The van der Waals surface area contributed by atoms with Crippen molar-refractivity contribution in [1.82, 2.24) is 5.32 Å². The number of aliphatic hydroxyl groups excluding tert-OH is 2. The van der Waals surface area contributed by atoms with E-state index in [1.165, 1.54) is 89.9 Å². The number of amides is 1. The number of hydrogen-bond acceptors (Lipinski definition) is 6. The Kier molecular flexibility index (Phi) is 31.4. The Morgan fingerprint density at radius 2 is 1.14 bits per heavy atom. The highest BCUT2D eigenvalue weighted by Gasteiger charge is 2.31. The zero-order chi connectivity index (χ0) is 36.6. The van der Waals surface area contributed by atoms with Gasteiger partial charge in [-0.2, -0.15) is 0 Å². The molecule has 0 saturated heterocycles. The quantitative estimate of drug-likeness (QED) is 0.0220. The van der Waals surface area contributed by atoms with Gasteiger partial charge in [0.1, 0.15) is 19.3 Å². The smallest absolute Gasteiger partial charge is 0.390 e. The monoisotopic (exact) mass is 720 g/mol. The minimum Gasteiger partial charge on any atom is -0.390 e. The standard InChI is InChI=1S/C39H79N2O7P/c1-6-8-10-12-14-16-18-20-22-24-26-28-30-32-38(43)40-36(35-48-49(45,46)47-34-33-41(3,4)5)39(44)37(42)31-29-27-25-23-21-19-17-15-13-11-9-7-2/h16,18,36-37,39,42,44H,6-15,17,19-35H2,1-5H3,(H-,40,43,45,46)/p+1/b18-16-. The van der Waals surface area contributed by atoms with Gasteiger partial charge in [-0.15, -0.1) is 0 Å². The van der Waals surface area contributed by atoms with Crippen molar-refractivity contribution in [3.8, 4) is 0 Å². The van der Waals surface area contributed by atoms with E-state index in [2.05, 4.69) is 31.3 Å². The third kappa shape index (κ3) is 32.8. The number of phosphoric ester groups is 1. The van der Waals surface area contributed by atoms with Crippen molar-refractivity contribution in [1.29, 1.82) is 0 Å². The molecule has 0 aromatic heterocycles. The first kappa shape index (κ1) is 48.2. The number of allylic oxidation sites excluding steroid dienone is 2. The summed E-state index contributed by atoms with van der Waals surface area (Å²) in [6.45, 7) is 4.56. The van der Waals surface area contributed by atoms with E-state index in [0.29, 0.717) is 17.4 Å². The lowest BCUT2D eigenvalue weighted by Gasteiger charge is -2.28. The summed E-state index contributed by atoms with van der Waals surface area (Å²) in [7, 11) is 1.43. The molecular formula is C39H80N2O7P+. The molecule has 4 N–H and O–H groups in total. The fraction of sp³-hybridized carbons (Fsp3) is 0.923. The van der Waals surface area contributed by atoms with Crippen molar-refractivity contribution < 1.29 is 38.0 Å². The van der Waals surface area contributed by atoms with E-state index in [4.69, 9.17) is 9.05 Å². The largest absolute Gasteiger partial charge is 0.472 e. The van der Waals surface area contributed by atoms with E-state index in [1.54, 1.807) is 0 Å². The number of aliphatic hydroxyl groups is 2. The Labute approximate surface area is 302 Å². The van der Waals surface area contributed by atoms with Crippen LogP contribution in [0.3, 0.4) is 0 Å². The fourth-order valence-electron chi connectivity index (χ4n) is 5.78. The van der Waals surface area contributed by atoms with Crippen molar-refractivity contribution in [2.75, 3.05) is 40.9 Å². The summed E-state index contributed by atoms with van der Waals surface area (Å²) >= 11 is 0. The van der Waals surface area contributed by atoms with Crippen LogP contribution in [0.15, 0.2) is 12.2 Å². The minimum atomic E-state index is -4.41. The third-order valence-electron chi connectivity index (χ3n) is 9.11. The molecule has 292 valence electrons. The van der Waals surface area contributed by atoms with E-state index < -0.39 is 32.7 Å². The molecule has 0 aliphatic carbocycles. The summed E-state index contributed by atoms with van der Waals surface area (Å²) in [5.41, 5.74) is 0. The Morgan fingerprint density at radius 3 is 1.65 bits per heavy atom. The van der Waals surface area contributed by atoms with Gasteiger partial charge in [-0.25, -0.2) is 4.57 Å². The zero-order valence-electron chi connectivity index (χ0n) is 32.6. The second-order valence-electron chi connectivity index (χ2n) is 15.1. The van der Waals surface area contributed by atoms with Gasteiger partial charge in [0.2, 0.25) is 5.91 Å². The third-order valence-corrected chi connectivity index (χ3v) is 10.1. The van der Waals surface area contributed by atoms with Gasteiger partial charge < -0.3 is 24.9 Å². The van der Waals surface area contributed by atoms with Crippen molar-refractivity contribution in [3.63, 3.8) is 0 Å². The van der Waals surface area contributed by atoms with Crippen molar-refractivity contribution in [3.05, 3.63) is 12.2 Å². The summed E-state index contributed by atoms with van der Waals surface area (Å²) in [5, 5.41) is 24.6. The van der Waals surface area contributed by atoms with E-state index in [0.717, 1.165) is 57.8 Å². The molecule has 0 aromatic rings. The predicted octanol–water partition coefficient (Wildman–Crippen LogP) is 9.38. The van der Waals surface area contributed by atoms with Crippen molar-refractivity contribution in [2.45, 2.75) is 193 Å². The van der Waals surface area contributed by atoms with Crippen LogP contribution in [0.25, 0.3) is 0 Å². The molecule has 0 bridgehead atoms. The topological polar surface area (TPSA) is 125 Å². The van der Waals surface area contributed by atoms with Crippen LogP contribution >= 0.6 is 7.82 Å². The van der Waals surface area contributed by atoms with Gasteiger partial charge in [0.05, 0.1) is 39.9 Å². The zero-order valence-corrected chi connectivity index (χ0v) is 33.4. The van der Waals surface area contributed by atoms with Crippen molar-refractivity contribution >= 4 is 13.7 Å². The first-order chi connectivity index (χ1) is 23.4. The second kappa shape index (κ2) is 31.9. The van der Waals surface area contributed by atoms with E-state index in [9.17, 15) is 24.5 Å². The lowest BCUT2D eigenvalue weighted by atomic mass is 9.99. The van der Waals surface area contributed by atoms with Gasteiger partial charge in [0, 0.05) is 6.42 Å². The molecule has 4 atom stereocenters. The SMILES string of the molecule is CCCCCC/C=C\CCCCCCCC(=O)NC(COP(=O)(O)OCC[N+](C)(C)C)C(O)C(O)CCCCCCCCCCCCCC. The summed E-state index contributed by atoms with van der Waals surface area (Å²) in [6, 6.07) is -1.03. The number of nitrogens with zero attached hydrogens (tertiary/aromatic N) is 1. The molecule has 0 aromatic carbocycles. The molecule has 9 nitrogen and oxygen atoms in total. The highest BCUT2D eigenvalue weighted by Crippen LogP contribution is 2.43. The number of quaternary nitrogens is 1. The number of phosphoric acid groups is 1. The van der Waals surface area contributed by atoms with Gasteiger partial charge in [-0.05, 0) is 38.5 Å². The first-order valence-corrected chi connectivity index (χ1v) is 21.6. The highest BCUT2D eigenvalue weighted by atomic mass is 31.2. The predicted molar refractivity (Wildman–Crippen MR) is 204 cm³/mol. The average Bonchev–Trinajstić information content (AvgIpc) is 3.04. The van der Waals surface area contributed by atoms with Gasteiger partial charge in [-0.1, -0.05) is 142 Å². The molecule has 49 heavy (non-hydrogen) atoms. The maximum Gasteiger partial charge on any atom is 0.472 e. The molecule has 0 saturated carbocycles. The number of likely N-dealkylation sites (N-methyl/N-ethyl adjacent to an activating group) is 1. The molecule has 0 radical (unpaired) electrons. The Balaban J connectivity index is 4.60. The molecule has 0 spiro atoms. The molecule has 10 heteroatoms. The summed E-state index contributed by atoms with van der Waals surface area (Å²) in [6.07, 6.45) is 29.8. The van der Waals surface area contributed by atoms with Crippen LogP contribution in [0.2, 0.25) is 0 Å². The molecule has 1 amide bonds. The highest BCUT2D eigenvalue weighted by molar-refractivity contribution is 7.47. The maximum absolute atomic E-state index is 12.8. The fourth-order valence-corrected chi connectivity index (χ4v) is 6.52. The minimum absolute atomic E-state index is 0.0216. The number of rotatable bonds is 36. The van der Waals surface area contributed by atoms with Crippen LogP contribution in [-0.2, 0) is 18.4 Å². The molecule has 0 aliphatic rings. The van der Waals surface area contributed by atoms with E-state index in [-0.39, 0.29) is 18.9 Å². The van der Waals surface area contributed by atoms with Gasteiger partial charge in [0.15, 0.2) is 0 Å². The number of nitrogens with one attached hydrogen (secondary N) is 1. The first-order valence-electron chi connectivity index (χ1n) is 20.1. The molecule has 4 unspecified atom stereocenters. The van der Waals surface area contributed by atoms with Crippen LogP contribution in [0.1, 0.15) is 174 Å².